The van der Waals surface area contributed by atoms with Gasteiger partial charge in [0.2, 0.25) is 5.91 Å². The minimum Gasteiger partial charge on any atom is -0.342 e. The molecule has 3 nitrogen and oxygen atoms in total. The highest BCUT2D eigenvalue weighted by molar-refractivity contribution is 5.86. The van der Waals surface area contributed by atoms with Crippen LogP contribution in [0.5, 0.6) is 0 Å². The molecule has 8 atom stereocenters. The second-order valence-electron chi connectivity index (χ2n) is 12.5. The van der Waals surface area contributed by atoms with Crippen LogP contribution < -0.4 is 0 Å². The Morgan fingerprint density at radius 2 is 1.50 bits per heavy atom. The number of hydrogen-bond acceptors (Lipinski definition) is 2. The van der Waals surface area contributed by atoms with Crippen molar-refractivity contribution in [3.05, 3.63) is 0 Å². The first-order chi connectivity index (χ1) is 16.1. The Morgan fingerprint density at radius 1 is 0.882 bits per heavy atom. The van der Waals surface area contributed by atoms with Crippen molar-refractivity contribution in [1.82, 2.24) is 4.90 Å². The number of ketones is 1. The van der Waals surface area contributed by atoms with E-state index in [1.54, 1.807) is 0 Å². The zero-order valence-corrected chi connectivity index (χ0v) is 24.4. The zero-order valence-electron chi connectivity index (χ0n) is 24.4. The molecule has 0 aromatic carbocycles. The second-order valence-corrected chi connectivity index (χ2v) is 12.5. The summed E-state index contributed by atoms with van der Waals surface area (Å²) in [4.78, 5) is 27.8. The molecule has 4 aliphatic rings. The van der Waals surface area contributed by atoms with Gasteiger partial charge in [0.15, 0.2) is 0 Å². The van der Waals surface area contributed by atoms with Crippen molar-refractivity contribution in [2.24, 2.45) is 46.3 Å². The minimum atomic E-state index is 0.129. The number of carbonyl (C=O) groups is 2. The molecule has 4 rings (SSSR count). The lowest BCUT2D eigenvalue weighted by molar-refractivity contribution is -0.167. The van der Waals surface area contributed by atoms with Gasteiger partial charge in [-0.2, -0.15) is 0 Å². The first kappa shape index (κ1) is 29.4. The predicted octanol–water partition coefficient (Wildman–Crippen LogP) is 8.16. The quantitative estimate of drug-likeness (QED) is 0.402. The lowest BCUT2D eigenvalue weighted by Gasteiger charge is -2.61. The molecule has 0 aromatic heterocycles. The van der Waals surface area contributed by atoms with E-state index in [2.05, 4.69) is 34.6 Å². The molecule has 1 saturated heterocycles. The molecule has 1 aliphatic heterocycles. The molecule has 4 fully saturated rings. The van der Waals surface area contributed by atoms with Crippen LogP contribution in [-0.2, 0) is 9.59 Å². The summed E-state index contributed by atoms with van der Waals surface area (Å²) in [5, 5.41) is 0. The van der Waals surface area contributed by atoms with Gasteiger partial charge in [0, 0.05) is 31.8 Å². The van der Waals surface area contributed by atoms with Crippen LogP contribution in [0.4, 0.5) is 0 Å². The molecular formula is C31H57NO2. The Labute approximate surface area is 212 Å². The fourth-order valence-electron chi connectivity index (χ4n) is 8.82. The van der Waals surface area contributed by atoms with Gasteiger partial charge in [-0.05, 0) is 72.5 Å². The Kier molecular flexibility index (Phi) is 10.3. The van der Waals surface area contributed by atoms with E-state index in [1.807, 2.05) is 39.6 Å². The highest BCUT2D eigenvalue weighted by atomic mass is 16.2. The zero-order chi connectivity index (χ0) is 25.8. The van der Waals surface area contributed by atoms with Crippen molar-refractivity contribution >= 4 is 11.7 Å². The van der Waals surface area contributed by atoms with Crippen LogP contribution in [0.2, 0.25) is 0 Å². The van der Waals surface area contributed by atoms with Crippen molar-refractivity contribution < 1.29 is 9.59 Å². The molecule has 0 aromatic rings. The molecule has 3 saturated carbocycles. The highest BCUT2D eigenvalue weighted by Crippen LogP contribution is 2.66. The van der Waals surface area contributed by atoms with Gasteiger partial charge in [-0.1, -0.05) is 81.6 Å². The third-order valence-corrected chi connectivity index (χ3v) is 10.6. The number of hydrogen-bond donors (Lipinski definition) is 0. The highest BCUT2D eigenvalue weighted by Gasteiger charge is 2.63. The Bertz CT molecular complexity index is 687. The van der Waals surface area contributed by atoms with Gasteiger partial charge in [-0.3, -0.25) is 9.59 Å². The number of piperidine rings is 1. The first-order valence-corrected chi connectivity index (χ1v) is 14.9. The summed E-state index contributed by atoms with van der Waals surface area (Å²) in [6.07, 6.45) is 11.3. The van der Waals surface area contributed by atoms with E-state index in [9.17, 15) is 9.59 Å². The molecule has 1 amide bonds. The lowest BCUT2D eigenvalue weighted by Crippen LogP contribution is -2.64. The van der Waals surface area contributed by atoms with Crippen LogP contribution in [0.25, 0.3) is 0 Å². The van der Waals surface area contributed by atoms with E-state index < -0.39 is 0 Å². The van der Waals surface area contributed by atoms with Crippen LogP contribution in [0, 0.1) is 46.3 Å². The average Bonchev–Trinajstić information content (AvgIpc) is 3.17. The fraction of sp³-hybridized carbons (Fsp3) is 0.935. The summed E-state index contributed by atoms with van der Waals surface area (Å²) in [5.74, 6) is 4.37. The van der Waals surface area contributed by atoms with Gasteiger partial charge in [0.05, 0.1) is 0 Å². The van der Waals surface area contributed by atoms with Gasteiger partial charge in [-0.25, -0.2) is 0 Å². The summed E-state index contributed by atoms with van der Waals surface area (Å²) in [7, 11) is 1.94. The van der Waals surface area contributed by atoms with E-state index in [4.69, 9.17) is 0 Å². The number of fused-ring (bicyclic) bond motifs is 5. The predicted molar refractivity (Wildman–Crippen MR) is 145 cm³/mol. The SMILES string of the molecule is CC.CC.CC(C)CCCC(C)C1CCC2C3C(=O)CC4N(C)C(=O)CC[C@]4(C)C3CC[C@]12C. The number of Topliss-reactive ketones (excluding diaryl/α,β-unsaturated/α-hetero) is 1. The van der Waals surface area contributed by atoms with E-state index in [0.29, 0.717) is 35.9 Å². The van der Waals surface area contributed by atoms with Crippen molar-refractivity contribution in [1.29, 1.82) is 0 Å². The van der Waals surface area contributed by atoms with E-state index in [-0.39, 0.29) is 23.3 Å². The Hall–Kier alpha value is -0.860. The van der Waals surface area contributed by atoms with E-state index in [1.165, 1.54) is 44.9 Å². The lowest BCUT2D eigenvalue weighted by atomic mass is 9.46. The van der Waals surface area contributed by atoms with Crippen LogP contribution in [-0.4, -0.2) is 29.7 Å². The van der Waals surface area contributed by atoms with Gasteiger partial charge < -0.3 is 4.90 Å². The van der Waals surface area contributed by atoms with Crippen LogP contribution >= 0.6 is 0 Å². The third-order valence-electron chi connectivity index (χ3n) is 10.6. The standard InChI is InChI=1S/C27H45NO2.2C2H6/c1-17(2)8-7-9-18(3)19-10-11-20-25-21(12-14-26(19,20)4)27(5)15-13-24(30)28(6)23(27)16-22(25)29;2*1-2/h17-21,23,25H,7-16H2,1-6H3;2*1-2H3/t18?,19?,20?,21?,23?,25?,26-,27-;;/m1../s1. The van der Waals surface area contributed by atoms with Gasteiger partial charge >= 0.3 is 0 Å². The molecule has 6 unspecified atom stereocenters. The number of nitrogens with zero attached hydrogens (tertiary/aromatic N) is 1. The van der Waals surface area contributed by atoms with Crippen LogP contribution in [0.1, 0.15) is 127 Å². The van der Waals surface area contributed by atoms with Crippen molar-refractivity contribution in [3.8, 4) is 0 Å². The van der Waals surface area contributed by atoms with Crippen LogP contribution in [0.3, 0.4) is 0 Å². The van der Waals surface area contributed by atoms with Crippen LogP contribution in [0.15, 0.2) is 0 Å². The normalized spacial score (nSPS) is 39.7. The molecule has 3 aliphatic carbocycles. The van der Waals surface area contributed by atoms with E-state index in [0.717, 1.165) is 24.2 Å². The van der Waals surface area contributed by atoms with Crippen molar-refractivity contribution in [3.63, 3.8) is 0 Å². The molecule has 198 valence electrons. The monoisotopic (exact) mass is 475 g/mol. The number of rotatable bonds is 5. The molecule has 0 N–H and O–H groups in total. The smallest absolute Gasteiger partial charge is 0.222 e. The molecule has 0 radical (unpaired) electrons. The number of carbonyl (C=O) groups excluding carboxylic acids is 2. The maximum atomic E-state index is 13.5. The van der Waals surface area contributed by atoms with E-state index >= 15 is 0 Å². The molecular weight excluding hydrogens is 418 g/mol. The Morgan fingerprint density at radius 3 is 2.12 bits per heavy atom. The van der Waals surface area contributed by atoms with Crippen molar-refractivity contribution in [2.75, 3.05) is 7.05 Å². The maximum Gasteiger partial charge on any atom is 0.222 e. The average molecular weight is 476 g/mol. The van der Waals surface area contributed by atoms with Gasteiger partial charge in [-0.15, -0.1) is 0 Å². The Balaban J connectivity index is 0.000000970. The summed E-state index contributed by atoms with van der Waals surface area (Å²) >= 11 is 0. The fourth-order valence-corrected chi connectivity index (χ4v) is 8.82. The summed E-state index contributed by atoms with van der Waals surface area (Å²) < 4.78 is 0. The first-order valence-electron chi connectivity index (χ1n) is 14.9. The minimum absolute atomic E-state index is 0.129. The molecule has 0 bridgehead atoms. The largest absolute Gasteiger partial charge is 0.342 e. The maximum absolute atomic E-state index is 13.5. The molecule has 34 heavy (non-hydrogen) atoms. The number of likely N-dealkylation sites (tertiary alicyclic amines) is 1. The molecule has 0 spiro atoms. The van der Waals surface area contributed by atoms with Gasteiger partial charge in [0.25, 0.3) is 0 Å². The number of amides is 1. The summed E-state index contributed by atoms with van der Waals surface area (Å²) in [6, 6.07) is 0.129. The van der Waals surface area contributed by atoms with Gasteiger partial charge in [0.1, 0.15) is 5.78 Å². The topological polar surface area (TPSA) is 37.4 Å². The van der Waals surface area contributed by atoms with Crippen molar-refractivity contribution in [2.45, 2.75) is 133 Å². The second kappa shape index (κ2) is 11.9. The molecule has 3 heteroatoms. The summed E-state index contributed by atoms with van der Waals surface area (Å²) in [6.45, 7) is 20.1. The summed E-state index contributed by atoms with van der Waals surface area (Å²) in [5.41, 5.74) is 0.469. The molecule has 1 heterocycles. The third kappa shape index (κ3) is 5.15.